The van der Waals surface area contributed by atoms with Gasteiger partial charge in [0.05, 0.1) is 25.4 Å². The molecule has 20 heavy (non-hydrogen) atoms. The summed E-state index contributed by atoms with van der Waals surface area (Å²) in [5, 5.41) is 3.33. The second-order valence-corrected chi connectivity index (χ2v) is 5.05. The molecule has 0 bridgehead atoms. The number of hydrogen-bond donors (Lipinski definition) is 1. The van der Waals surface area contributed by atoms with Crippen LogP contribution in [-0.2, 0) is 0 Å². The number of methoxy groups -OCH3 is 2. The highest BCUT2D eigenvalue weighted by Crippen LogP contribution is 2.32. The van der Waals surface area contributed by atoms with E-state index in [1.54, 1.807) is 14.2 Å². The topological polar surface area (TPSA) is 70.3 Å². The molecule has 6 heteroatoms. The second-order valence-electron chi connectivity index (χ2n) is 4.16. The van der Waals surface area contributed by atoms with Crippen LogP contribution in [0, 0.1) is 0 Å². The Kier molecular flexibility index (Phi) is 3.15. The predicted molar refractivity (Wildman–Crippen MR) is 80.4 cm³/mol. The van der Waals surface area contributed by atoms with Gasteiger partial charge in [0.1, 0.15) is 17.2 Å². The van der Waals surface area contributed by atoms with Crippen molar-refractivity contribution >= 4 is 27.4 Å². The number of aromatic nitrogens is 2. The summed E-state index contributed by atoms with van der Waals surface area (Å²) in [5.41, 5.74) is 7.95. The van der Waals surface area contributed by atoms with Gasteiger partial charge in [-0.3, -0.25) is 0 Å². The molecule has 0 aliphatic carbocycles. The minimum atomic E-state index is 0.520. The van der Waals surface area contributed by atoms with Crippen molar-refractivity contribution < 1.29 is 9.47 Å². The molecule has 0 atom stereocenters. The third-order valence-electron chi connectivity index (χ3n) is 2.98. The molecule has 2 aromatic heterocycles. The molecule has 0 spiro atoms. The van der Waals surface area contributed by atoms with E-state index in [9.17, 15) is 0 Å². The first-order valence-corrected chi connectivity index (χ1v) is 6.83. The van der Waals surface area contributed by atoms with Crippen molar-refractivity contribution in [1.29, 1.82) is 0 Å². The van der Waals surface area contributed by atoms with Crippen LogP contribution in [0.25, 0.3) is 22.3 Å². The van der Waals surface area contributed by atoms with E-state index < -0.39 is 0 Å². The van der Waals surface area contributed by atoms with Gasteiger partial charge in [0.15, 0.2) is 5.13 Å². The van der Waals surface area contributed by atoms with E-state index in [-0.39, 0.29) is 0 Å². The molecule has 0 fully saturated rings. The highest BCUT2D eigenvalue weighted by atomic mass is 32.1. The Morgan fingerprint density at radius 1 is 1.05 bits per heavy atom. The number of rotatable bonds is 3. The number of benzene rings is 1. The highest BCUT2D eigenvalue weighted by Gasteiger charge is 2.11. The molecule has 102 valence electrons. The quantitative estimate of drug-likeness (QED) is 0.802. The Balaban J connectivity index is 2.23. The third kappa shape index (κ3) is 2.14. The van der Waals surface area contributed by atoms with Crippen molar-refractivity contribution in [3.05, 3.63) is 29.6 Å². The van der Waals surface area contributed by atoms with Crippen LogP contribution in [0.3, 0.4) is 0 Å². The molecule has 2 N–H and O–H groups in total. The Bertz CT molecular complexity index is 770. The number of anilines is 1. The van der Waals surface area contributed by atoms with E-state index in [4.69, 9.17) is 15.2 Å². The molecule has 0 unspecified atom stereocenters. The number of fused-ring (bicyclic) bond motifs is 1. The highest BCUT2D eigenvalue weighted by molar-refractivity contribution is 7.13. The van der Waals surface area contributed by atoms with E-state index in [0.29, 0.717) is 5.13 Å². The van der Waals surface area contributed by atoms with Gasteiger partial charge < -0.3 is 15.2 Å². The first-order valence-electron chi connectivity index (χ1n) is 5.95. The molecular weight excluding hydrogens is 274 g/mol. The fourth-order valence-corrected chi connectivity index (χ4v) is 2.57. The number of nitrogen functional groups attached to an aromatic ring is 1. The molecule has 0 radical (unpaired) electrons. The van der Waals surface area contributed by atoms with Crippen molar-refractivity contribution in [1.82, 2.24) is 9.97 Å². The van der Waals surface area contributed by atoms with Crippen LogP contribution in [0.15, 0.2) is 29.6 Å². The van der Waals surface area contributed by atoms with Gasteiger partial charge in [-0.15, -0.1) is 11.3 Å². The van der Waals surface area contributed by atoms with Gasteiger partial charge in [0, 0.05) is 22.9 Å². The van der Waals surface area contributed by atoms with Crippen molar-refractivity contribution in [2.75, 3.05) is 20.0 Å². The van der Waals surface area contributed by atoms with Crippen LogP contribution in [0.4, 0.5) is 5.13 Å². The Morgan fingerprint density at radius 3 is 2.55 bits per heavy atom. The lowest BCUT2D eigenvalue weighted by Crippen LogP contribution is -1.93. The molecule has 1 aromatic carbocycles. The van der Waals surface area contributed by atoms with Gasteiger partial charge in [-0.2, -0.15) is 0 Å². The van der Waals surface area contributed by atoms with Crippen LogP contribution in [0.1, 0.15) is 0 Å². The summed E-state index contributed by atoms with van der Waals surface area (Å²) in [4.78, 5) is 8.86. The molecule has 0 aliphatic rings. The lowest BCUT2D eigenvalue weighted by Gasteiger charge is -2.08. The van der Waals surface area contributed by atoms with Crippen molar-refractivity contribution in [3.63, 3.8) is 0 Å². The average molecular weight is 287 g/mol. The summed E-state index contributed by atoms with van der Waals surface area (Å²) < 4.78 is 10.7. The van der Waals surface area contributed by atoms with E-state index >= 15 is 0 Å². The Labute approximate surface area is 120 Å². The first-order chi connectivity index (χ1) is 9.71. The SMILES string of the molecule is COc1ccc2c(OC)cc(-c3csc(N)n3)nc2c1. The van der Waals surface area contributed by atoms with E-state index in [2.05, 4.69) is 9.97 Å². The Hall–Kier alpha value is -2.34. The van der Waals surface area contributed by atoms with Crippen LogP contribution in [0.5, 0.6) is 11.5 Å². The van der Waals surface area contributed by atoms with Gasteiger partial charge in [0.2, 0.25) is 0 Å². The van der Waals surface area contributed by atoms with Crippen molar-refractivity contribution in [2.45, 2.75) is 0 Å². The van der Waals surface area contributed by atoms with E-state index in [0.717, 1.165) is 33.8 Å². The number of thiazole rings is 1. The summed E-state index contributed by atoms with van der Waals surface area (Å²) in [6.45, 7) is 0. The summed E-state index contributed by atoms with van der Waals surface area (Å²) in [6.07, 6.45) is 0. The van der Waals surface area contributed by atoms with Crippen LogP contribution >= 0.6 is 11.3 Å². The number of pyridine rings is 1. The Morgan fingerprint density at radius 2 is 1.90 bits per heavy atom. The van der Waals surface area contributed by atoms with Gasteiger partial charge in [-0.25, -0.2) is 9.97 Å². The zero-order valence-corrected chi connectivity index (χ0v) is 11.9. The molecule has 3 aromatic rings. The standard InChI is InChI=1S/C14H13N3O2S/c1-18-8-3-4-9-10(5-8)16-11(6-13(9)19-2)12-7-20-14(15)17-12/h3-7H,1-2H3,(H2,15,17). The van der Waals surface area contributed by atoms with E-state index in [1.807, 2.05) is 29.6 Å². The summed E-state index contributed by atoms with van der Waals surface area (Å²) in [5.74, 6) is 1.50. The van der Waals surface area contributed by atoms with Crippen molar-refractivity contribution in [2.24, 2.45) is 0 Å². The smallest absolute Gasteiger partial charge is 0.180 e. The second kappa shape index (κ2) is 4.97. The first kappa shape index (κ1) is 12.7. The zero-order chi connectivity index (χ0) is 14.1. The summed E-state index contributed by atoms with van der Waals surface area (Å²) in [6, 6.07) is 7.55. The lowest BCUT2D eigenvalue weighted by atomic mass is 10.1. The van der Waals surface area contributed by atoms with Gasteiger partial charge in [-0.05, 0) is 12.1 Å². The van der Waals surface area contributed by atoms with Gasteiger partial charge >= 0.3 is 0 Å². The summed E-state index contributed by atoms with van der Waals surface area (Å²) >= 11 is 1.39. The number of nitrogens with zero attached hydrogens (tertiary/aromatic N) is 2. The maximum Gasteiger partial charge on any atom is 0.180 e. The maximum atomic E-state index is 5.67. The molecule has 0 saturated heterocycles. The van der Waals surface area contributed by atoms with Gasteiger partial charge in [0.25, 0.3) is 0 Å². The van der Waals surface area contributed by atoms with Crippen LogP contribution in [0.2, 0.25) is 0 Å². The number of hydrogen-bond acceptors (Lipinski definition) is 6. The fraction of sp³-hybridized carbons (Fsp3) is 0.143. The van der Waals surface area contributed by atoms with Gasteiger partial charge in [-0.1, -0.05) is 0 Å². The molecule has 0 saturated carbocycles. The monoisotopic (exact) mass is 287 g/mol. The largest absolute Gasteiger partial charge is 0.497 e. The molecule has 2 heterocycles. The fourth-order valence-electron chi connectivity index (χ4n) is 2.01. The predicted octanol–water partition coefficient (Wildman–Crippen LogP) is 2.96. The zero-order valence-electron chi connectivity index (χ0n) is 11.1. The van der Waals surface area contributed by atoms with Crippen LogP contribution < -0.4 is 15.2 Å². The molecule has 0 amide bonds. The number of nitrogens with two attached hydrogens (primary N) is 1. The third-order valence-corrected chi connectivity index (χ3v) is 3.66. The number of ether oxygens (including phenoxy) is 2. The minimum absolute atomic E-state index is 0.520. The van der Waals surface area contributed by atoms with Crippen LogP contribution in [-0.4, -0.2) is 24.2 Å². The van der Waals surface area contributed by atoms with Crippen molar-refractivity contribution in [3.8, 4) is 22.9 Å². The minimum Gasteiger partial charge on any atom is -0.497 e. The summed E-state index contributed by atoms with van der Waals surface area (Å²) in [7, 11) is 3.27. The molecule has 0 aliphatic heterocycles. The average Bonchev–Trinajstić information content (AvgIpc) is 2.92. The maximum absolute atomic E-state index is 5.67. The molecule has 3 rings (SSSR count). The molecule has 5 nitrogen and oxygen atoms in total. The lowest BCUT2D eigenvalue weighted by molar-refractivity contribution is 0.414. The molecular formula is C14H13N3O2S. The normalized spacial score (nSPS) is 10.7. The van der Waals surface area contributed by atoms with E-state index in [1.165, 1.54) is 11.3 Å².